The Hall–Kier alpha value is -0.880. The summed E-state index contributed by atoms with van der Waals surface area (Å²) in [6.07, 6.45) is 0. The van der Waals surface area contributed by atoms with Crippen LogP contribution in [0.25, 0.3) is 0 Å². The highest BCUT2D eigenvalue weighted by Gasteiger charge is 2.29. The number of hydrogen-bond acceptors (Lipinski definition) is 3. The maximum atomic E-state index is 12.2. The summed E-state index contributed by atoms with van der Waals surface area (Å²) in [4.78, 5) is 11.9. The van der Waals surface area contributed by atoms with Gasteiger partial charge in [0, 0.05) is 10.5 Å². The molecule has 1 N–H and O–H groups in total. The molecule has 6 heteroatoms. The summed E-state index contributed by atoms with van der Waals surface area (Å²) < 4.78 is 25.1. The van der Waals surface area contributed by atoms with Crippen LogP contribution < -0.4 is 5.32 Å². The molecule has 0 bridgehead atoms. The molecule has 0 saturated carbocycles. The Morgan fingerprint density at radius 3 is 2.39 bits per heavy atom. The number of benzene rings is 1. The van der Waals surface area contributed by atoms with E-state index < -0.39 is 21.0 Å². The monoisotopic (exact) mass is 333 g/mol. The van der Waals surface area contributed by atoms with Crippen molar-refractivity contribution >= 4 is 31.7 Å². The predicted octanol–water partition coefficient (Wildman–Crippen LogP) is 2.14. The quantitative estimate of drug-likeness (QED) is 0.918. The van der Waals surface area contributed by atoms with Crippen LogP contribution in [0.1, 0.15) is 20.8 Å². The van der Waals surface area contributed by atoms with Gasteiger partial charge < -0.3 is 5.32 Å². The van der Waals surface area contributed by atoms with E-state index in [9.17, 15) is 13.2 Å². The van der Waals surface area contributed by atoms with Gasteiger partial charge in [-0.05, 0) is 39.0 Å². The van der Waals surface area contributed by atoms with Gasteiger partial charge in [0.25, 0.3) is 0 Å². The van der Waals surface area contributed by atoms with E-state index in [2.05, 4.69) is 21.2 Å². The van der Waals surface area contributed by atoms with Crippen LogP contribution in [0.2, 0.25) is 0 Å². The molecule has 0 heterocycles. The van der Waals surface area contributed by atoms with Crippen LogP contribution in [-0.4, -0.2) is 25.6 Å². The van der Waals surface area contributed by atoms with Crippen molar-refractivity contribution in [3.05, 3.63) is 28.7 Å². The molecule has 18 heavy (non-hydrogen) atoms. The zero-order chi connectivity index (χ0) is 13.9. The minimum atomic E-state index is -3.65. The average molecular weight is 334 g/mol. The Morgan fingerprint density at radius 1 is 1.28 bits per heavy atom. The summed E-state index contributed by atoms with van der Waals surface area (Å²) in [5.74, 6) is -0.482. The summed E-state index contributed by atoms with van der Waals surface area (Å²) >= 11 is 3.22. The van der Waals surface area contributed by atoms with Gasteiger partial charge in [0.15, 0.2) is 9.84 Å². The Kier molecular flexibility index (Phi) is 4.92. The second kappa shape index (κ2) is 5.84. The molecule has 0 spiro atoms. The number of halogens is 1. The molecule has 1 aromatic rings. The first kappa shape index (κ1) is 15.2. The number of rotatable bonds is 4. The molecule has 1 atom stereocenters. The second-order valence-electron chi connectivity index (χ2n) is 4.31. The van der Waals surface area contributed by atoms with Gasteiger partial charge in [0.05, 0.1) is 4.90 Å². The van der Waals surface area contributed by atoms with Gasteiger partial charge in [-0.25, -0.2) is 8.42 Å². The number of amides is 1. The predicted molar refractivity (Wildman–Crippen MR) is 74.1 cm³/mol. The molecule has 0 unspecified atom stereocenters. The maximum Gasteiger partial charge on any atom is 0.238 e. The third-order valence-corrected chi connectivity index (χ3v) is 4.94. The molecule has 0 fully saturated rings. The van der Waals surface area contributed by atoms with Crippen molar-refractivity contribution in [1.82, 2.24) is 5.32 Å². The van der Waals surface area contributed by atoms with E-state index in [0.717, 1.165) is 0 Å². The van der Waals surface area contributed by atoms with Gasteiger partial charge >= 0.3 is 0 Å². The highest BCUT2D eigenvalue weighted by Crippen LogP contribution is 2.20. The number of nitrogens with one attached hydrogen (secondary N) is 1. The van der Waals surface area contributed by atoms with E-state index in [1.54, 1.807) is 26.0 Å². The van der Waals surface area contributed by atoms with Crippen molar-refractivity contribution < 1.29 is 13.2 Å². The molecule has 100 valence electrons. The number of sulfone groups is 1. The Balaban J connectivity index is 3.04. The van der Waals surface area contributed by atoms with Gasteiger partial charge in [-0.2, -0.15) is 0 Å². The van der Waals surface area contributed by atoms with Crippen molar-refractivity contribution in [2.24, 2.45) is 0 Å². The second-order valence-corrected chi connectivity index (χ2v) is 7.49. The van der Waals surface area contributed by atoms with Crippen molar-refractivity contribution in [3.8, 4) is 0 Å². The van der Waals surface area contributed by atoms with Gasteiger partial charge in [-0.15, -0.1) is 0 Å². The van der Waals surface area contributed by atoms with Crippen molar-refractivity contribution in [1.29, 1.82) is 0 Å². The largest absolute Gasteiger partial charge is 0.353 e. The molecule has 0 aromatic heterocycles. The topological polar surface area (TPSA) is 63.2 Å². The van der Waals surface area contributed by atoms with Crippen molar-refractivity contribution in [2.75, 3.05) is 0 Å². The normalized spacial score (nSPS) is 13.4. The van der Waals surface area contributed by atoms with Gasteiger partial charge in [-0.1, -0.05) is 22.0 Å². The first-order valence-corrected chi connectivity index (χ1v) is 7.89. The molecule has 1 aromatic carbocycles. The summed E-state index contributed by atoms with van der Waals surface area (Å²) in [5.41, 5.74) is 0. The Morgan fingerprint density at radius 2 is 1.89 bits per heavy atom. The van der Waals surface area contributed by atoms with Crippen LogP contribution in [0.4, 0.5) is 0 Å². The van der Waals surface area contributed by atoms with Crippen LogP contribution in [0.5, 0.6) is 0 Å². The summed E-state index contributed by atoms with van der Waals surface area (Å²) in [6, 6.07) is 6.26. The fraction of sp³-hybridized carbons (Fsp3) is 0.417. The summed E-state index contributed by atoms with van der Waals surface area (Å²) in [7, 11) is -3.65. The van der Waals surface area contributed by atoms with Crippen LogP contribution in [0.3, 0.4) is 0 Å². The third kappa shape index (κ3) is 3.55. The Bertz CT molecular complexity index is 540. The number of carbonyl (C=O) groups is 1. The highest BCUT2D eigenvalue weighted by molar-refractivity contribution is 9.10. The molecule has 0 aliphatic rings. The van der Waals surface area contributed by atoms with E-state index in [-0.39, 0.29) is 10.9 Å². The molecule has 4 nitrogen and oxygen atoms in total. The molecule has 1 amide bonds. The molecular formula is C12H16BrNO3S. The van der Waals surface area contributed by atoms with Crippen LogP contribution in [0.15, 0.2) is 33.6 Å². The smallest absolute Gasteiger partial charge is 0.238 e. The minimum absolute atomic E-state index is 0.0855. The SMILES string of the molecule is CC(C)NC(=O)[C@@H](C)S(=O)(=O)c1cccc(Br)c1. The van der Waals surface area contributed by atoms with E-state index in [0.29, 0.717) is 4.47 Å². The average Bonchev–Trinajstić information content (AvgIpc) is 2.27. The van der Waals surface area contributed by atoms with E-state index in [4.69, 9.17) is 0 Å². The molecule has 0 aliphatic heterocycles. The first-order chi connectivity index (χ1) is 8.25. The van der Waals surface area contributed by atoms with Gasteiger partial charge in [-0.3, -0.25) is 4.79 Å². The summed E-state index contributed by atoms with van der Waals surface area (Å²) in [6.45, 7) is 4.97. The lowest BCUT2D eigenvalue weighted by atomic mass is 10.3. The van der Waals surface area contributed by atoms with Gasteiger partial charge in [0.2, 0.25) is 5.91 Å². The van der Waals surface area contributed by atoms with Crippen LogP contribution >= 0.6 is 15.9 Å². The molecule has 0 saturated heterocycles. The first-order valence-electron chi connectivity index (χ1n) is 5.55. The lowest BCUT2D eigenvalue weighted by molar-refractivity contribution is -0.120. The highest BCUT2D eigenvalue weighted by atomic mass is 79.9. The van der Waals surface area contributed by atoms with Crippen LogP contribution in [0, 0.1) is 0 Å². The van der Waals surface area contributed by atoms with Crippen LogP contribution in [-0.2, 0) is 14.6 Å². The summed E-state index contributed by atoms with van der Waals surface area (Å²) in [5, 5.41) is 1.50. The van der Waals surface area contributed by atoms with E-state index >= 15 is 0 Å². The lowest BCUT2D eigenvalue weighted by Gasteiger charge is -2.15. The van der Waals surface area contributed by atoms with E-state index in [1.165, 1.54) is 19.1 Å². The van der Waals surface area contributed by atoms with Crippen molar-refractivity contribution in [3.63, 3.8) is 0 Å². The standard InChI is InChI=1S/C12H16BrNO3S/c1-8(2)14-12(15)9(3)18(16,17)11-6-4-5-10(13)7-11/h4-9H,1-3H3,(H,14,15)/t9-/m1/s1. The number of carbonyl (C=O) groups excluding carboxylic acids is 1. The Labute approximate surface area is 116 Å². The fourth-order valence-electron chi connectivity index (χ4n) is 1.39. The molecule has 0 radical (unpaired) electrons. The number of hydrogen-bond donors (Lipinski definition) is 1. The van der Waals surface area contributed by atoms with Gasteiger partial charge in [0.1, 0.15) is 5.25 Å². The molecule has 1 rings (SSSR count). The minimum Gasteiger partial charge on any atom is -0.353 e. The van der Waals surface area contributed by atoms with Crippen molar-refractivity contribution in [2.45, 2.75) is 37.0 Å². The zero-order valence-corrected chi connectivity index (χ0v) is 12.9. The zero-order valence-electron chi connectivity index (χ0n) is 10.5. The molecule has 0 aliphatic carbocycles. The third-order valence-electron chi connectivity index (χ3n) is 2.39. The van der Waals surface area contributed by atoms with E-state index in [1.807, 2.05) is 0 Å². The maximum absolute atomic E-state index is 12.2. The lowest BCUT2D eigenvalue weighted by Crippen LogP contribution is -2.41. The fourth-order valence-corrected chi connectivity index (χ4v) is 3.26. The molecular weight excluding hydrogens is 318 g/mol.